The van der Waals surface area contributed by atoms with Gasteiger partial charge in [-0.2, -0.15) is 0 Å². The van der Waals surface area contributed by atoms with Gasteiger partial charge >= 0.3 is 0 Å². The molecule has 1 aliphatic heterocycles. The highest BCUT2D eigenvalue weighted by Crippen LogP contribution is 2.31. The molecule has 150 valence electrons. The Labute approximate surface area is 178 Å². The fraction of sp³-hybridized carbons (Fsp3) is 0.130. The van der Waals surface area contributed by atoms with Crippen molar-refractivity contribution in [3.8, 4) is 0 Å². The van der Waals surface area contributed by atoms with E-state index in [1.807, 2.05) is 19.9 Å². The monoisotopic (exact) mass is 419 g/mol. The summed E-state index contributed by atoms with van der Waals surface area (Å²) in [4.78, 5) is 43.6. The zero-order valence-electron chi connectivity index (χ0n) is 16.4. The minimum absolute atomic E-state index is 0.0107. The number of rotatable bonds is 4. The number of amides is 3. The summed E-state index contributed by atoms with van der Waals surface area (Å²) in [5.74, 6) is -1.11. The lowest BCUT2D eigenvalue weighted by atomic mass is 9.99. The van der Waals surface area contributed by atoms with Crippen molar-refractivity contribution in [2.75, 3.05) is 5.32 Å². The third kappa shape index (κ3) is 3.46. The number of hydrogen-bond acceptors (Lipinski definition) is 4. The molecular weight excluding hydrogens is 402 g/mol. The average molecular weight is 420 g/mol. The Kier molecular flexibility index (Phi) is 5.10. The molecule has 0 saturated carbocycles. The molecule has 1 aromatic heterocycles. The van der Waals surface area contributed by atoms with E-state index in [1.165, 1.54) is 11.1 Å². The van der Waals surface area contributed by atoms with Gasteiger partial charge in [0.2, 0.25) is 0 Å². The third-order valence-electron chi connectivity index (χ3n) is 5.21. The normalized spacial score (nSPS) is 12.8. The quantitative estimate of drug-likeness (QED) is 0.635. The summed E-state index contributed by atoms with van der Waals surface area (Å²) >= 11 is 6.15. The molecule has 0 bridgehead atoms. The second-order valence-electron chi connectivity index (χ2n) is 7.10. The molecule has 0 spiro atoms. The van der Waals surface area contributed by atoms with Gasteiger partial charge in [0, 0.05) is 16.9 Å². The highest BCUT2D eigenvalue weighted by atomic mass is 35.5. The van der Waals surface area contributed by atoms with E-state index in [0.717, 1.165) is 11.1 Å². The first kappa shape index (κ1) is 19.8. The van der Waals surface area contributed by atoms with Crippen LogP contribution in [0.4, 0.5) is 5.69 Å². The molecule has 3 amide bonds. The second kappa shape index (κ2) is 7.72. The molecule has 0 saturated heterocycles. The summed E-state index contributed by atoms with van der Waals surface area (Å²) in [5, 5.41) is 3.22. The Hall–Kier alpha value is -3.51. The van der Waals surface area contributed by atoms with Gasteiger partial charge in [-0.25, -0.2) is 0 Å². The molecule has 6 nitrogen and oxygen atoms in total. The van der Waals surface area contributed by atoms with Gasteiger partial charge in [0.25, 0.3) is 17.7 Å². The van der Waals surface area contributed by atoms with E-state index < -0.39 is 5.91 Å². The van der Waals surface area contributed by atoms with Crippen LogP contribution in [0.1, 0.15) is 47.9 Å². The first-order chi connectivity index (χ1) is 14.4. The van der Waals surface area contributed by atoms with E-state index >= 15 is 0 Å². The van der Waals surface area contributed by atoms with Crippen LogP contribution in [-0.4, -0.2) is 27.6 Å². The smallest absolute Gasteiger partial charge is 0.274 e. The number of hydrogen-bond donors (Lipinski definition) is 1. The van der Waals surface area contributed by atoms with Crippen molar-refractivity contribution in [1.29, 1.82) is 0 Å². The number of nitrogens with one attached hydrogen (secondary N) is 1. The van der Waals surface area contributed by atoms with E-state index in [0.29, 0.717) is 27.4 Å². The van der Waals surface area contributed by atoms with Gasteiger partial charge in [0.1, 0.15) is 5.69 Å². The fourth-order valence-electron chi connectivity index (χ4n) is 3.45. The summed E-state index contributed by atoms with van der Waals surface area (Å²) < 4.78 is 0. The van der Waals surface area contributed by atoms with Crippen LogP contribution in [0, 0.1) is 13.8 Å². The summed E-state index contributed by atoms with van der Waals surface area (Å²) in [6, 6.07) is 13.5. The van der Waals surface area contributed by atoms with Gasteiger partial charge in [0.15, 0.2) is 0 Å². The Bertz CT molecular complexity index is 1190. The average Bonchev–Trinajstić information content (AvgIpc) is 2.98. The predicted molar refractivity (Wildman–Crippen MR) is 114 cm³/mol. The van der Waals surface area contributed by atoms with Gasteiger partial charge in [-0.1, -0.05) is 23.7 Å². The number of nitrogens with zero attached hydrogens (tertiary/aromatic N) is 2. The summed E-state index contributed by atoms with van der Waals surface area (Å²) in [5.41, 5.74) is 3.83. The van der Waals surface area contributed by atoms with Crippen LogP contribution in [0.5, 0.6) is 0 Å². The van der Waals surface area contributed by atoms with Crippen molar-refractivity contribution >= 4 is 35.0 Å². The Morgan fingerprint density at radius 3 is 2.60 bits per heavy atom. The Balaban J connectivity index is 1.65. The van der Waals surface area contributed by atoms with Gasteiger partial charge < -0.3 is 5.32 Å². The molecule has 0 fully saturated rings. The highest BCUT2D eigenvalue weighted by molar-refractivity contribution is 6.30. The van der Waals surface area contributed by atoms with Crippen LogP contribution in [0.3, 0.4) is 0 Å². The maximum atomic E-state index is 13.0. The molecule has 0 aliphatic carbocycles. The highest BCUT2D eigenvalue weighted by Gasteiger charge is 2.37. The zero-order valence-corrected chi connectivity index (χ0v) is 17.2. The van der Waals surface area contributed by atoms with Crippen LogP contribution in [0.15, 0.2) is 54.7 Å². The van der Waals surface area contributed by atoms with Crippen molar-refractivity contribution < 1.29 is 14.4 Å². The molecule has 30 heavy (non-hydrogen) atoms. The van der Waals surface area contributed by atoms with Crippen molar-refractivity contribution in [3.63, 3.8) is 0 Å². The Morgan fingerprint density at radius 2 is 1.87 bits per heavy atom. The number of imide groups is 1. The molecule has 1 N–H and O–H groups in total. The maximum absolute atomic E-state index is 13.0. The molecule has 0 unspecified atom stereocenters. The number of carbonyl (C=O) groups is 3. The SMILES string of the molecule is Cc1ccc2c(c1C)C(=O)N(Cc1cc(Cl)ccc1NC(=O)c1ccccn1)C2=O. The fourth-order valence-corrected chi connectivity index (χ4v) is 3.65. The molecule has 0 atom stereocenters. The van der Waals surface area contributed by atoms with E-state index in [9.17, 15) is 14.4 Å². The van der Waals surface area contributed by atoms with Crippen LogP contribution >= 0.6 is 11.6 Å². The van der Waals surface area contributed by atoms with Crippen LogP contribution in [0.2, 0.25) is 5.02 Å². The zero-order chi connectivity index (χ0) is 21.4. The van der Waals surface area contributed by atoms with Crippen molar-refractivity contribution in [2.24, 2.45) is 0 Å². The maximum Gasteiger partial charge on any atom is 0.274 e. The number of benzene rings is 2. The minimum atomic E-state index is -0.395. The van der Waals surface area contributed by atoms with E-state index in [-0.39, 0.29) is 24.1 Å². The number of carbonyl (C=O) groups excluding carboxylic acids is 3. The van der Waals surface area contributed by atoms with E-state index in [2.05, 4.69) is 10.3 Å². The van der Waals surface area contributed by atoms with Crippen LogP contribution in [-0.2, 0) is 6.54 Å². The van der Waals surface area contributed by atoms with Gasteiger partial charge in [-0.05, 0) is 66.9 Å². The summed E-state index contributed by atoms with van der Waals surface area (Å²) in [6.45, 7) is 3.72. The lowest BCUT2D eigenvalue weighted by Gasteiger charge is -2.17. The number of pyridine rings is 1. The Morgan fingerprint density at radius 1 is 1.07 bits per heavy atom. The second-order valence-corrected chi connectivity index (χ2v) is 7.53. The van der Waals surface area contributed by atoms with Crippen LogP contribution < -0.4 is 5.32 Å². The van der Waals surface area contributed by atoms with Gasteiger partial charge in [0.05, 0.1) is 17.7 Å². The van der Waals surface area contributed by atoms with Crippen molar-refractivity contribution in [3.05, 3.63) is 93.3 Å². The van der Waals surface area contributed by atoms with Gasteiger partial charge in [-0.15, -0.1) is 0 Å². The predicted octanol–water partition coefficient (Wildman–Crippen LogP) is 4.40. The first-order valence-electron chi connectivity index (χ1n) is 9.34. The number of halogens is 1. The molecule has 7 heteroatoms. The molecular formula is C23H18ClN3O3. The number of aromatic nitrogens is 1. The van der Waals surface area contributed by atoms with E-state index in [4.69, 9.17) is 11.6 Å². The topological polar surface area (TPSA) is 79.4 Å². The largest absolute Gasteiger partial charge is 0.320 e. The van der Waals surface area contributed by atoms with Gasteiger partial charge in [-0.3, -0.25) is 24.3 Å². The lowest BCUT2D eigenvalue weighted by molar-refractivity contribution is 0.0642. The molecule has 0 radical (unpaired) electrons. The molecule has 1 aliphatic rings. The van der Waals surface area contributed by atoms with E-state index in [1.54, 1.807) is 42.5 Å². The number of fused-ring (bicyclic) bond motifs is 1. The summed E-state index contributed by atoms with van der Waals surface area (Å²) in [7, 11) is 0. The summed E-state index contributed by atoms with van der Waals surface area (Å²) in [6.07, 6.45) is 1.53. The van der Waals surface area contributed by atoms with Crippen LogP contribution in [0.25, 0.3) is 0 Å². The first-order valence-corrected chi connectivity index (χ1v) is 9.72. The molecule has 2 heterocycles. The number of anilines is 1. The lowest BCUT2D eigenvalue weighted by Crippen LogP contribution is -2.30. The minimum Gasteiger partial charge on any atom is -0.320 e. The van der Waals surface area contributed by atoms with Crippen molar-refractivity contribution in [2.45, 2.75) is 20.4 Å². The third-order valence-corrected chi connectivity index (χ3v) is 5.45. The standard InChI is InChI=1S/C23H18ClN3O3/c1-13-6-8-17-20(14(13)2)23(30)27(22(17)29)12-15-11-16(24)7-9-18(15)26-21(28)19-5-3-4-10-25-19/h3-11H,12H2,1-2H3,(H,26,28). The molecule has 3 aromatic rings. The van der Waals surface area contributed by atoms with Crippen molar-refractivity contribution in [1.82, 2.24) is 9.88 Å². The molecule has 4 rings (SSSR count). The number of aryl methyl sites for hydroxylation is 1. The molecule has 2 aromatic carbocycles.